The van der Waals surface area contributed by atoms with Crippen LogP contribution in [0.5, 0.6) is 0 Å². The highest BCUT2D eigenvalue weighted by atomic mass is 79.9. The maximum atomic E-state index is 11.1. The minimum atomic E-state index is -0.429. The first-order valence-electron chi connectivity index (χ1n) is 5.80. The maximum absolute atomic E-state index is 11.1. The van der Waals surface area contributed by atoms with E-state index in [2.05, 4.69) is 26.3 Å². The highest BCUT2D eigenvalue weighted by Gasteiger charge is 2.10. The number of carbonyl (C=O) groups excluding carboxylic acids is 1. The average molecular weight is 323 g/mol. The van der Waals surface area contributed by atoms with Crippen LogP contribution in [0.15, 0.2) is 28.7 Å². The molecule has 2 rings (SSSR count). The van der Waals surface area contributed by atoms with Crippen LogP contribution in [0.1, 0.15) is 21.7 Å². The van der Waals surface area contributed by atoms with Gasteiger partial charge in [0.1, 0.15) is 0 Å². The topological polar surface area (TPSA) is 72.9 Å². The van der Waals surface area contributed by atoms with Crippen LogP contribution in [0.4, 0.5) is 5.69 Å². The number of nitrogens with zero attached hydrogens (tertiary/aromatic N) is 2. The molecule has 0 atom stereocenters. The SMILES string of the molecule is Cc1nn(C)c(CNc2cccc(C(N)=O)c2)c1Br. The fourth-order valence-electron chi connectivity index (χ4n) is 1.84. The first-order valence-corrected chi connectivity index (χ1v) is 6.60. The summed E-state index contributed by atoms with van der Waals surface area (Å²) in [7, 11) is 1.90. The molecule has 1 heterocycles. The van der Waals surface area contributed by atoms with E-state index in [1.165, 1.54) is 0 Å². The molecule has 19 heavy (non-hydrogen) atoms. The Hall–Kier alpha value is -1.82. The summed E-state index contributed by atoms with van der Waals surface area (Å²) < 4.78 is 2.82. The largest absolute Gasteiger partial charge is 0.379 e. The number of aryl methyl sites for hydroxylation is 2. The molecule has 5 nitrogen and oxygen atoms in total. The number of nitrogens with two attached hydrogens (primary N) is 1. The molecule has 0 aliphatic rings. The van der Waals surface area contributed by atoms with Crippen molar-refractivity contribution in [1.29, 1.82) is 0 Å². The molecule has 6 heteroatoms. The van der Waals surface area contributed by atoms with Crippen LogP contribution in [-0.4, -0.2) is 15.7 Å². The first kappa shape index (κ1) is 13.6. The van der Waals surface area contributed by atoms with Gasteiger partial charge in [0.15, 0.2) is 0 Å². The number of aromatic nitrogens is 2. The van der Waals surface area contributed by atoms with Crippen molar-refractivity contribution in [3.8, 4) is 0 Å². The molecule has 0 fully saturated rings. The lowest BCUT2D eigenvalue weighted by atomic mass is 10.2. The van der Waals surface area contributed by atoms with Gasteiger partial charge in [0, 0.05) is 18.3 Å². The van der Waals surface area contributed by atoms with E-state index in [0.717, 1.165) is 21.5 Å². The van der Waals surface area contributed by atoms with Gasteiger partial charge in [-0.05, 0) is 41.1 Å². The smallest absolute Gasteiger partial charge is 0.248 e. The molecule has 0 aliphatic carbocycles. The number of halogens is 1. The molecule has 0 radical (unpaired) electrons. The highest BCUT2D eigenvalue weighted by molar-refractivity contribution is 9.10. The summed E-state index contributed by atoms with van der Waals surface area (Å²) >= 11 is 3.51. The Morgan fingerprint density at radius 2 is 2.26 bits per heavy atom. The Morgan fingerprint density at radius 1 is 1.53 bits per heavy atom. The molecule has 1 aromatic carbocycles. The molecule has 0 saturated carbocycles. The van der Waals surface area contributed by atoms with Crippen molar-refractivity contribution >= 4 is 27.5 Å². The Morgan fingerprint density at radius 3 is 2.84 bits per heavy atom. The third-order valence-electron chi connectivity index (χ3n) is 2.87. The summed E-state index contributed by atoms with van der Waals surface area (Å²) in [5.41, 5.74) is 8.59. The van der Waals surface area contributed by atoms with Crippen LogP contribution < -0.4 is 11.1 Å². The molecule has 1 amide bonds. The van der Waals surface area contributed by atoms with E-state index in [1.807, 2.05) is 24.7 Å². The van der Waals surface area contributed by atoms with Gasteiger partial charge >= 0.3 is 0 Å². The second-order valence-electron chi connectivity index (χ2n) is 4.27. The zero-order valence-corrected chi connectivity index (χ0v) is 12.4. The third kappa shape index (κ3) is 2.96. The van der Waals surface area contributed by atoms with E-state index >= 15 is 0 Å². The number of primary amides is 1. The minimum Gasteiger partial charge on any atom is -0.379 e. The molecule has 0 unspecified atom stereocenters. The predicted octanol–water partition coefficient (Wildman–Crippen LogP) is 2.20. The van der Waals surface area contributed by atoms with Gasteiger partial charge in [-0.25, -0.2) is 0 Å². The normalized spacial score (nSPS) is 10.5. The first-order chi connectivity index (χ1) is 8.99. The van der Waals surface area contributed by atoms with E-state index in [1.54, 1.807) is 18.2 Å². The van der Waals surface area contributed by atoms with Crippen LogP contribution in [0.25, 0.3) is 0 Å². The van der Waals surface area contributed by atoms with Crippen molar-refractivity contribution in [3.05, 3.63) is 45.7 Å². The van der Waals surface area contributed by atoms with Crippen molar-refractivity contribution in [3.63, 3.8) is 0 Å². The van der Waals surface area contributed by atoms with Crippen molar-refractivity contribution in [2.75, 3.05) is 5.32 Å². The lowest BCUT2D eigenvalue weighted by Gasteiger charge is -2.08. The number of rotatable bonds is 4. The van der Waals surface area contributed by atoms with Crippen LogP contribution in [-0.2, 0) is 13.6 Å². The molecule has 3 N–H and O–H groups in total. The zero-order valence-electron chi connectivity index (χ0n) is 10.8. The molecule has 2 aromatic rings. The fraction of sp³-hybridized carbons (Fsp3) is 0.231. The zero-order chi connectivity index (χ0) is 14.0. The Kier molecular flexibility index (Phi) is 3.90. The van der Waals surface area contributed by atoms with Gasteiger partial charge in [-0.1, -0.05) is 6.07 Å². The number of amides is 1. The summed E-state index contributed by atoms with van der Waals surface area (Å²) in [5.74, 6) is -0.429. The van der Waals surface area contributed by atoms with Crippen LogP contribution in [0, 0.1) is 6.92 Å². The third-order valence-corrected chi connectivity index (χ3v) is 3.90. The van der Waals surface area contributed by atoms with E-state index in [-0.39, 0.29) is 0 Å². The molecular formula is C13H15BrN4O. The number of hydrogen-bond donors (Lipinski definition) is 2. The summed E-state index contributed by atoms with van der Waals surface area (Å²) in [6.07, 6.45) is 0. The van der Waals surface area contributed by atoms with Crippen molar-refractivity contribution in [1.82, 2.24) is 9.78 Å². The van der Waals surface area contributed by atoms with Gasteiger partial charge in [-0.2, -0.15) is 5.10 Å². The summed E-state index contributed by atoms with van der Waals surface area (Å²) in [4.78, 5) is 11.1. The van der Waals surface area contributed by atoms with Gasteiger partial charge in [0.05, 0.1) is 22.4 Å². The maximum Gasteiger partial charge on any atom is 0.248 e. The van der Waals surface area contributed by atoms with Crippen molar-refractivity contribution < 1.29 is 4.79 Å². The molecular weight excluding hydrogens is 308 g/mol. The molecule has 100 valence electrons. The number of anilines is 1. The van der Waals surface area contributed by atoms with Crippen LogP contribution >= 0.6 is 15.9 Å². The van der Waals surface area contributed by atoms with E-state index in [9.17, 15) is 4.79 Å². The predicted molar refractivity (Wildman–Crippen MR) is 77.9 cm³/mol. The number of nitrogens with one attached hydrogen (secondary N) is 1. The second kappa shape index (κ2) is 5.44. The molecule has 0 spiro atoms. The van der Waals surface area contributed by atoms with Gasteiger partial charge in [-0.3, -0.25) is 9.48 Å². The Balaban J connectivity index is 2.14. The number of benzene rings is 1. The van der Waals surface area contributed by atoms with E-state index in [4.69, 9.17) is 5.73 Å². The van der Waals surface area contributed by atoms with Crippen LogP contribution in [0.3, 0.4) is 0 Å². The number of carbonyl (C=O) groups is 1. The van der Waals surface area contributed by atoms with Gasteiger partial charge in [-0.15, -0.1) is 0 Å². The Bertz CT molecular complexity index is 621. The van der Waals surface area contributed by atoms with Crippen LogP contribution in [0.2, 0.25) is 0 Å². The molecule has 1 aromatic heterocycles. The summed E-state index contributed by atoms with van der Waals surface area (Å²) in [5, 5.41) is 7.58. The lowest BCUT2D eigenvalue weighted by Crippen LogP contribution is -2.11. The minimum absolute atomic E-state index is 0.429. The Labute approximate surface area is 119 Å². The standard InChI is InChI=1S/C13H15BrN4O/c1-8-12(14)11(18(2)17-8)7-16-10-5-3-4-9(6-10)13(15)19/h3-6,16H,7H2,1-2H3,(H2,15,19). The lowest BCUT2D eigenvalue weighted by molar-refractivity contribution is 0.100. The summed E-state index contributed by atoms with van der Waals surface area (Å²) in [6.45, 7) is 2.56. The van der Waals surface area contributed by atoms with Gasteiger partial charge in [0.25, 0.3) is 0 Å². The highest BCUT2D eigenvalue weighted by Crippen LogP contribution is 2.21. The quantitative estimate of drug-likeness (QED) is 0.906. The molecule has 0 saturated heterocycles. The van der Waals surface area contributed by atoms with Gasteiger partial charge in [0.2, 0.25) is 5.91 Å². The van der Waals surface area contributed by atoms with Crippen molar-refractivity contribution in [2.45, 2.75) is 13.5 Å². The summed E-state index contributed by atoms with van der Waals surface area (Å²) in [6, 6.07) is 7.12. The monoisotopic (exact) mass is 322 g/mol. The van der Waals surface area contributed by atoms with Gasteiger partial charge < -0.3 is 11.1 Å². The molecule has 0 aliphatic heterocycles. The number of hydrogen-bond acceptors (Lipinski definition) is 3. The van der Waals surface area contributed by atoms with E-state index < -0.39 is 5.91 Å². The average Bonchev–Trinajstić information content (AvgIpc) is 2.61. The van der Waals surface area contributed by atoms with E-state index in [0.29, 0.717) is 12.1 Å². The molecule has 0 bridgehead atoms. The fourth-order valence-corrected chi connectivity index (χ4v) is 2.32. The second-order valence-corrected chi connectivity index (χ2v) is 5.06. The van der Waals surface area contributed by atoms with Crippen molar-refractivity contribution in [2.24, 2.45) is 12.8 Å².